The Hall–Kier alpha value is -1.92. The van der Waals surface area contributed by atoms with Crippen molar-refractivity contribution in [3.8, 4) is 0 Å². The summed E-state index contributed by atoms with van der Waals surface area (Å²) in [4.78, 5) is 18.3. The number of nitrogens with zero attached hydrogens (tertiary/aromatic N) is 2. The number of pyridine rings is 1. The average molecular weight is 365 g/mol. The third-order valence-corrected chi connectivity index (χ3v) is 5.77. The summed E-state index contributed by atoms with van der Waals surface area (Å²) in [5.41, 5.74) is 0.939. The summed E-state index contributed by atoms with van der Waals surface area (Å²) in [6, 6.07) is 9.66. The first kappa shape index (κ1) is 16.9. The quantitative estimate of drug-likeness (QED) is 0.790. The van der Waals surface area contributed by atoms with Crippen LogP contribution in [0.4, 0.5) is 0 Å². The first-order valence-electron chi connectivity index (χ1n) is 7.62. The third-order valence-electron chi connectivity index (χ3n) is 3.90. The molecule has 1 amide bonds. The SMILES string of the molecule is O=C(CS(=O)(=O)c1ccc(Cl)cc1)N(Cc1ccncc1)C1CC1. The zero-order valence-corrected chi connectivity index (χ0v) is 14.5. The zero-order chi connectivity index (χ0) is 17.2. The molecule has 0 spiro atoms. The maximum Gasteiger partial charge on any atom is 0.238 e. The van der Waals surface area contributed by atoms with Gasteiger partial charge in [-0.2, -0.15) is 0 Å². The second-order valence-corrected chi connectivity index (χ2v) is 8.25. The molecule has 5 nitrogen and oxygen atoms in total. The van der Waals surface area contributed by atoms with E-state index >= 15 is 0 Å². The summed E-state index contributed by atoms with van der Waals surface area (Å²) in [7, 11) is -3.68. The molecule has 1 saturated carbocycles. The predicted molar refractivity (Wildman–Crippen MR) is 91.3 cm³/mol. The van der Waals surface area contributed by atoms with E-state index in [0.717, 1.165) is 18.4 Å². The lowest BCUT2D eigenvalue weighted by atomic mass is 10.2. The van der Waals surface area contributed by atoms with E-state index in [1.807, 2.05) is 12.1 Å². The highest BCUT2D eigenvalue weighted by Gasteiger charge is 2.34. The molecule has 1 aromatic carbocycles. The van der Waals surface area contributed by atoms with Gasteiger partial charge in [-0.05, 0) is 54.8 Å². The van der Waals surface area contributed by atoms with E-state index in [4.69, 9.17) is 11.6 Å². The number of carbonyl (C=O) groups is 1. The molecule has 2 aromatic rings. The van der Waals surface area contributed by atoms with E-state index in [1.165, 1.54) is 24.3 Å². The smallest absolute Gasteiger partial charge is 0.238 e. The van der Waals surface area contributed by atoms with Crippen LogP contribution in [0.2, 0.25) is 5.02 Å². The van der Waals surface area contributed by atoms with Gasteiger partial charge in [-0.15, -0.1) is 0 Å². The lowest BCUT2D eigenvalue weighted by molar-refractivity contribution is -0.129. The molecule has 1 aliphatic carbocycles. The molecule has 0 radical (unpaired) electrons. The standard InChI is InChI=1S/C17H17ClN2O3S/c18-14-1-5-16(6-2-14)24(22,23)12-17(21)20(15-3-4-15)11-13-7-9-19-10-8-13/h1-2,5-10,15H,3-4,11-12H2. The minimum Gasteiger partial charge on any atom is -0.334 e. The Balaban J connectivity index is 1.75. The van der Waals surface area contributed by atoms with Crippen LogP contribution in [-0.2, 0) is 21.2 Å². The number of hydrogen-bond donors (Lipinski definition) is 0. The maximum atomic E-state index is 12.6. The summed E-state index contributed by atoms with van der Waals surface area (Å²) in [5, 5.41) is 0.456. The molecule has 126 valence electrons. The van der Waals surface area contributed by atoms with Gasteiger partial charge in [-0.25, -0.2) is 8.42 Å². The molecule has 7 heteroatoms. The molecule has 24 heavy (non-hydrogen) atoms. The molecule has 1 aromatic heterocycles. The van der Waals surface area contributed by atoms with Crippen LogP contribution in [0.1, 0.15) is 18.4 Å². The van der Waals surface area contributed by atoms with Crippen molar-refractivity contribution in [3.05, 3.63) is 59.4 Å². The minimum absolute atomic E-state index is 0.111. The van der Waals surface area contributed by atoms with E-state index in [9.17, 15) is 13.2 Å². The van der Waals surface area contributed by atoms with E-state index in [0.29, 0.717) is 11.6 Å². The lowest BCUT2D eigenvalue weighted by Gasteiger charge is -2.22. The number of halogens is 1. The summed E-state index contributed by atoms with van der Waals surface area (Å²) < 4.78 is 24.9. The highest BCUT2D eigenvalue weighted by molar-refractivity contribution is 7.92. The Morgan fingerprint density at radius 1 is 1.12 bits per heavy atom. The van der Waals surface area contributed by atoms with Gasteiger partial charge >= 0.3 is 0 Å². The molecule has 0 atom stereocenters. The molecule has 0 N–H and O–H groups in total. The lowest BCUT2D eigenvalue weighted by Crippen LogP contribution is -2.37. The van der Waals surface area contributed by atoms with Gasteiger partial charge in [0.2, 0.25) is 5.91 Å². The Morgan fingerprint density at radius 2 is 1.75 bits per heavy atom. The fraction of sp³-hybridized carbons (Fsp3) is 0.294. The van der Waals surface area contributed by atoms with Crippen molar-refractivity contribution in [1.82, 2.24) is 9.88 Å². The van der Waals surface area contributed by atoms with Gasteiger partial charge < -0.3 is 4.90 Å². The molecule has 1 aliphatic rings. The van der Waals surface area contributed by atoms with Crippen molar-refractivity contribution in [1.29, 1.82) is 0 Å². The average Bonchev–Trinajstić information content (AvgIpc) is 3.38. The Labute approximate surface area is 146 Å². The van der Waals surface area contributed by atoms with Crippen LogP contribution in [-0.4, -0.2) is 36.0 Å². The largest absolute Gasteiger partial charge is 0.334 e. The normalized spacial score (nSPS) is 14.4. The summed E-state index contributed by atoms with van der Waals surface area (Å²) in [6.07, 6.45) is 5.15. The van der Waals surface area contributed by atoms with Crippen LogP contribution >= 0.6 is 11.6 Å². The van der Waals surface area contributed by atoms with Crippen molar-refractivity contribution in [2.45, 2.75) is 30.3 Å². The van der Waals surface area contributed by atoms with E-state index in [-0.39, 0.29) is 16.8 Å². The molecular weight excluding hydrogens is 348 g/mol. The van der Waals surface area contributed by atoms with E-state index < -0.39 is 15.6 Å². The van der Waals surface area contributed by atoms with Crippen molar-refractivity contribution in [2.24, 2.45) is 0 Å². The Bertz CT molecular complexity index is 819. The monoisotopic (exact) mass is 364 g/mol. The Morgan fingerprint density at radius 3 is 2.33 bits per heavy atom. The number of aromatic nitrogens is 1. The van der Waals surface area contributed by atoms with Crippen LogP contribution < -0.4 is 0 Å². The number of amides is 1. The van der Waals surface area contributed by atoms with Gasteiger partial charge in [0.15, 0.2) is 9.84 Å². The summed E-state index contributed by atoms with van der Waals surface area (Å²) >= 11 is 5.78. The van der Waals surface area contributed by atoms with Crippen LogP contribution in [0.5, 0.6) is 0 Å². The first-order chi connectivity index (χ1) is 11.5. The highest BCUT2D eigenvalue weighted by atomic mass is 35.5. The van der Waals surface area contributed by atoms with Crippen molar-refractivity contribution in [3.63, 3.8) is 0 Å². The van der Waals surface area contributed by atoms with Crippen molar-refractivity contribution >= 4 is 27.3 Å². The minimum atomic E-state index is -3.68. The van der Waals surface area contributed by atoms with Gasteiger partial charge in [0.05, 0.1) is 4.90 Å². The third kappa shape index (κ3) is 4.13. The molecule has 0 bridgehead atoms. The topological polar surface area (TPSA) is 67.3 Å². The zero-order valence-electron chi connectivity index (χ0n) is 12.9. The fourth-order valence-electron chi connectivity index (χ4n) is 2.46. The van der Waals surface area contributed by atoms with E-state index in [1.54, 1.807) is 17.3 Å². The molecule has 0 unspecified atom stereocenters. The van der Waals surface area contributed by atoms with Gasteiger partial charge in [0.1, 0.15) is 5.75 Å². The second-order valence-electron chi connectivity index (χ2n) is 5.82. The molecule has 3 rings (SSSR count). The number of benzene rings is 1. The van der Waals surface area contributed by atoms with Crippen molar-refractivity contribution < 1.29 is 13.2 Å². The van der Waals surface area contributed by atoms with Crippen LogP contribution in [0, 0.1) is 0 Å². The fourth-order valence-corrected chi connectivity index (χ4v) is 3.80. The maximum absolute atomic E-state index is 12.6. The number of sulfone groups is 1. The van der Waals surface area contributed by atoms with Crippen molar-refractivity contribution in [2.75, 3.05) is 5.75 Å². The molecular formula is C17H17ClN2O3S. The first-order valence-corrected chi connectivity index (χ1v) is 9.65. The Kier molecular flexibility index (Phi) is 4.87. The molecule has 1 heterocycles. The van der Waals surface area contributed by atoms with Gasteiger partial charge in [0, 0.05) is 30.0 Å². The number of carbonyl (C=O) groups excluding carboxylic acids is 1. The molecule has 1 fully saturated rings. The van der Waals surface area contributed by atoms with Gasteiger partial charge in [-0.3, -0.25) is 9.78 Å². The van der Waals surface area contributed by atoms with Gasteiger partial charge in [-0.1, -0.05) is 11.6 Å². The highest BCUT2D eigenvalue weighted by Crippen LogP contribution is 2.29. The van der Waals surface area contributed by atoms with Crippen LogP contribution in [0.3, 0.4) is 0 Å². The van der Waals surface area contributed by atoms with Gasteiger partial charge in [0.25, 0.3) is 0 Å². The summed E-state index contributed by atoms with van der Waals surface area (Å²) in [6.45, 7) is 0.405. The van der Waals surface area contributed by atoms with E-state index in [2.05, 4.69) is 4.98 Å². The van der Waals surface area contributed by atoms with Crippen LogP contribution in [0.15, 0.2) is 53.7 Å². The predicted octanol–water partition coefficient (Wildman–Crippen LogP) is 2.70. The molecule has 0 aliphatic heterocycles. The number of rotatable bonds is 6. The molecule has 0 saturated heterocycles. The second kappa shape index (κ2) is 6.91. The summed E-state index contributed by atoms with van der Waals surface area (Å²) in [5.74, 6) is -0.903. The van der Waals surface area contributed by atoms with Crippen LogP contribution in [0.25, 0.3) is 0 Å². The number of hydrogen-bond acceptors (Lipinski definition) is 4.